The normalized spacial score (nSPS) is 11.4. The van der Waals surface area contributed by atoms with Gasteiger partial charge in [0.25, 0.3) is 11.8 Å². The van der Waals surface area contributed by atoms with Crippen molar-refractivity contribution in [3.8, 4) is 0 Å². The van der Waals surface area contributed by atoms with E-state index in [1.807, 2.05) is 6.07 Å². The topological polar surface area (TPSA) is 111 Å². The van der Waals surface area contributed by atoms with Crippen molar-refractivity contribution >= 4 is 22.8 Å². The molecule has 0 aliphatic rings. The van der Waals surface area contributed by atoms with Gasteiger partial charge in [-0.1, -0.05) is 24.3 Å². The average Bonchev–Trinajstić information content (AvgIpc) is 2.59. The van der Waals surface area contributed by atoms with Crippen molar-refractivity contribution in [2.45, 2.75) is 0 Å². The Labute approximate surface area is 130 Å². The van der Waals surface area contributed by atoms with Gasteiger partial charge in [0, 0.05) is 11.6 Å². The molecule has 1 aromatic carbocycles. The number of carbonyl (C=O) groups is 2. The molecule has 7 nitrogen and oxygen atoms in total. The molecule has 0 radical (unpaired) electrons. The number of fused-ring (bicyclic) bond motifs is 1. The summed E-state index contributed by atoms with van der Waals surface area (Å²) >= 11 is 0. The summed E-state index contributed by atoms with van der Waals surface area (Å²) in [5.41, 5.74) is 8.35. The Balaban J connectivity index is 2.02. The zero-order valence-corrected chi connectivity index (χ0v) is 11.9. The smallest absolute Gasteiger partial charge is 0.290 e. The number of nitrogens with two attached hydrogens (primary N) is 1. The number of primary amides is 1. The molecule has 2 aromatic heterocycles. The molecule has 0 saturated carbocycles. The number of carbonyl (C=O) groups excluding carboxylic acids is 2. The highest BCUT2D eigenvalue weighted by Gasteiger charge is 2.10. The zero-order chi connectivity index (χ0) is 16.2. The molecule has 114 valence electrons. The van der Waals surface area contributed by atoms with Crippen molar-refractivity contribution < 1.29 is 14.0 Å². The third kappa shape index (κ3) is 3.08. The molecule has 0 bridgehead atoms. The van der Waals surface area contributed by atoms with Gasteiger partial charge in [0.05, 0.1) is 0 Å². The number of nitrogens with zero attached hydrogens (tertiary/aromatic N) is 2. The first-order valence-corrected chi connectivity index (χ1v) is 6.73. The SMILES string of the molecule is NC(=O)c1cc2ccccc2oc1=NNC(=O)c1ccccn1. The van der Waals surface area contributed by atoms with Crippen molar-refractivity contribution in [1.29, 1.82) is 0 Å². The van der Waals surface area contributed by atoms with Crippen molar-refractivity contribution in [1.82, 2.24) is 10.4 Å². The predicted octanol–water partition coefficient (Wildman–Crippen LogP) is 1.17. The number of hydrogen-bond acceptors (Lipinski definition) is 5. The Hall–Kier alpha value is -3.48. The summed E-state index contributed by atoms with van der Waals surface area (Å²) < 4.78 is 5.54. The second kappa shape index (κ2) is 6.10. The van der Waals surface area contributed by atoms with Gasteiger partial charge in [0.1, 0.15) is 16.8 Å². The van der Waals surface area contributed by atoms with Crippen molar-refractivity contribution in [2.24, 2.45) is 10.8 Å². The Kier molecular flexibility index (Phi) is 3.84. The van der Waals surface area contributed by atoms with Gasteiger partial charge in [-0.2, -0.15) is 0 Å². The average molecular weight is 308 g/mol. The lowest BCUT2D eigenvalue weighted by Gasteiger charge is -2.02. The Morgan fingerprint density at radius 1 is 1.13 bits per heavy atom. The fourth-order valence-corrected chi connectivity index (χ4v) is 1.98. The maximum absolute atomic E-state index is 11.9. The van der Waals surface area contributed by atoms with E-state index in [-0.39, 0.29) is 16.8 Å². The predicted molar refractivity (Wildman–Crippen MR) is 82.0 cm³/mol. The van der Waals surface area contributed by atoms with Crippen LogP contribution in [0.2, 0.25) is 0 Å². The van der Waals surface area contributed by atoms with Crippen LogP contribution >= 0.6 is 0 Å². The molecule has 0 aliphatic carbocycles. The van der Waals surface area contributed by atoms with Crippen LogP contribution in [0.3, 0.4) is 0 Å². The molecule has 0 saturated heterocycles. The highest BCUT2D eigenvalue weighted by Crippen LogP contribution is 2.12. The van der Waals surface area contributed by atoms with Gasteiger partial charge in [-0.25, -0.2) is 5.43 Å². The lowest BCUT2D eigenvalue weighted by molar-refractivity contribution is 0.0941. The first kappa shape index (κ1) is 14.5. The number of nitrogens with one attached hydrogen (secondary N) is 1. The first-order valence-electron chi connectivity index (χ1n) is 6.73. The lowest BCUT2D eigenvalue weighted by Crippen LogP contribution is -2.27. The maximum Gasteiger partial charge on any atom is 0.290 e. The van der Waals surface area contributed by atoms with E-state index in [4.69, 9.17) is 10.2 Å². The third-order valence-electron chi connectivity index (χ3n) is 3.08. The van der Waals surface area contributed by atoms with Gasteiger partial charge in [-0.3, -0.25) is 14.6 Å². The zero-order valence-electron chi connectivity index (χ0n) is 11.9. The summed E-state index contributed by atoms with van der Waals surface area (Å²) in [4.78, 5) is 27.4. The molecule has 23 heavy (non-hydrogen) atoms. The summed E-state index contributed by atoms with van der Waals surface area (Å²) in [6, 6.07) is 13.6. The molecular formula is C16H12N4O3. The van der Waals surface area contributed by atoms with Crippen molar-refractivity contribution in [3.63, 3.8) is 0 Å². The van der Waals surface area contributed by atoms with Crippen LogP contribution in [-0.4, -0.2) is 16.8 Å². The van der Waals surface area contributed by atoms with E-state index in [2.05, 4.69) is 15.5 Å². The molecule has 0 atom stereocenters. The molecule has 3 rings (SSSR count). The molecule has 3 N–H and O–H groups in total. The van der Waals surface area contributed by atoms with Crippen LogP contribution in [0, 0.1) is 0 Å². The molecule has 2 amide bonds. The third-order valence-corrected chi connectivity index (χ3v) is 3.08. The van der Waals surface area contributed by atoms with Crippen LogP contribution in [0.1, 0.15) is 20.8 Å². The van der Waals surface area contributed by atoms with Gasteiger partial charge >= 0.3 is 0 Å². The van der Waals surface area contributed by atoms with Gasteiger partial charge in [-0.15, -0.1) is 5.10 Å². The van der Waals surface area contributed by atoms with E-state index in [0.29, 0.717) is 11.0 Å². The van der Waals surface area contributed by atoms with Crippen molar-refractivity contribution in [2.75, 3.05) is 0 Å². The lowest BCUT2D eigenvalue weighted by atomic mass is 10.2. The van der Waals surface area contributed by atoms with Crippen LogP contribution in [0.5, 0.6) is 0 Å². The summed E-state index contributed by atoms with van der Waals surface area (Å²) in [5, 5.41) is 4.55. The Morgan fingerprint density at radius 3 is 2.65 bits per heavy atom. The van der Waals surface area contributed by atoms with Crippen LogP contribution in [0.15, 0.2) is 64.2 Å². The summed E-state index contributed by atoms with van der Waals surface area (Å²) in [5.74, 6) is -1.23. The molecule has 2 heterocycles. The number of benzene rings is 1. The van der Waals surface area contributed by atoms with Crippen molar-refractivity contribution in [3.05, 3.63) is 71.5 Å². The standard InChI is InChI=1S/C16H12N4O3/c17-14(21)11-9-10-5-1-2-7-13(10)23-16(11)20-19-15(22)12-6-3-4-8-18-12/h1-9H,(H2,17,21)(H,19,22). The van der Waals surface area contributed by atoms with Gasteiger partial charge in [0.15, 0.2) is 0 Å². The maximum atomic E-state index is 11.9. The van der Waals surface area contributed by atoms with Crippen LogP contribution in [0.25, 0.3) is 11.0 Å². The van der Waals surface area contributed by atoms with Gasteiger partial charge < -0.3 is 10.2 Å². The first-order chi connectivity index (χ1) is 11.1. The molecule has 0 spiro atoms. The Morgan fingerprint density at radius 2 is 1.91 bits per heavy atom. The van der Waals surface area contributed by atoms with Gasteiger partial charge in [-0.05, 0) is 24.3 Å². The number of amides is 2. The molecule has 0 unspecified atom stereocenters. The number of para-hydroxylation sites is 1. The molecule has 0 aliphatic heterocycles. The minimum Gasteiger partial charge on any atom is -0.436 e. The highest BCUT2D eigenvalue weighted by atomic mass is 16.3. The van der Waals surface area contributed by atoms with E-state index in [0.717, 1.165) is 0 Å². The summed E-state index contributed by atoms with van der Waals surface area (Å²) in [7, 11) is 0. The van der Waals surface area contributed by atoms with E-state index in [1.54, 1.807) is 36.4 Å². The molecular weight excluding hydrogens is 296 g/mol. The summed E-state index contributed by atoms with van der Waals surface area (Å²) in [6.45, 7) is 0. The molecule has 0 fully saturated rings. The molecule has 7 heteroatoms. The summed E-state index contributed by atoms with van der Waals surface area (Å²) in [6.07, 6.45) is 1.49. The van der Waals surface area contributed by atoms with E-state index < -0.39 is 11.8 Å². The van der Waals surface area contributed by atoms with Crippen LogP contribution in [-0.2, 0) is 0 Å². The minimum absolute atomic E-state index is 0.0690. The van der Waals surface area contributed by atoms with E-state index in [9.17, 15) is 9.59 Å². The van der Waals surface area contributed by atoms with Gasteiger partial charge in [0.2, 0.25) is 5.55 Å². The number of aromatic nitrogens is 1. The van der Waals surface area contributed by atoms with E-state index in [1.165, 1.54) is 12.3 Å². The molecule has 3 aromatic rings. The second-order valence-corrected chi connectivity index (χ2v) is 4.64. The minimum atomic E-state index is -0.703. The van der Waals surface area contributed by atoms with E-state index >= 15 is 0 Å². The van der Waals surface area contributed by atoms with Crippen LogP contribution < -0.4 is 16.7 Å². The number of hydrogen-bond donors (Lipinski definition) is 2. The largest absolute Gasteiger partial charge is 0.436 e. The number of pyridine rings is 1. The monoisotopic (exact) mass is 308 g/mol. The number of rotatable bonds is 3. The second-order valence-electron chi connectivity index (χ2n) is 4.64. The fourth-order valence-electron chi connectivity index (χ4n) is 1.98. The fraction of sp³-hybridized carbons (Fsp3) is 0. The van der Waals surface area contributed by atoms with Crippen LogP contribution in [0.4, 0.5) is 0 Å². The highest BCUT2D eigenvalue weighted by molar-refractivity contribution is 5.95. The Bertz CT molecular complexity index is 948. The quantitative estimate of drug-likeness (QED) is 0.707.